The lowest BCUT2D eigenvalue weighted by molar-refractivity contribution is 0.186. The summed E-state index contributed by atoms with van der Waals surface area (Å²) >= 11 is 0. The van der Waals surface area contributed by atoms with Gasteiger partial charge in [-0.15, -0.1) is 0 Å². The van der Waals surface area contributed by atoms with Crippen LogP contribution >= 0.6 is 0 Å². The van der Waals surface area contributed by atoms with Crippen LogP contribution in [0, 0.1) is 0 Å². The minimum absolute atomic E-state index is 0.509. The quantitative estimate of drug-likeness (QED) is 0.816. The highest BCUT2D eigenvalue weighted by atomic mass is 16.3. The summed E-state index contributed by atoms with van der Waals surface area (Å²) in [5.41, 5.74) is 2.91. The zero-order valence-electron chi connectivity index (χ0n) is 10.5. The number of nitrogens with zero attached hydrogens (tertiary/aromatic N) is 1. The second kappa shape index (κ2) is 6.12. The van der Waals surface area contributed by atoms with Crippen LogP contribution in [0.5, 0.6) is 0 Å². The topological polar surface area (TPSA) is 32.6 Å². The Labute approximate surface area is 108 Å². The third-order valence-corrected chi connectivity index (χ3v) is 2.95. The van der Waals surface area contributed by atoms with Crippen molar-refractivity contribution in [2.75, 3.05) is 7.05 Å². The van der Waals surface area contributed by atoms with E-state index in [1.807, 2.05) is 60.7 Å². The highest BCUT2D eigenvalue weighted by molar-refractivity contribution is 6.00. The van der Waals surface area contributed by atoms with Crippen LogP contribution in [0.15, 0.2) is 65.7 Å². The van der Waals surface area contributed by atoms with Crippen molar-refractivity contribution in [3.8, 4) is 0 Å². The molecule has 0 aliphatic heterocycles. The van der Waals surface area contributed by atoms with E-state index in [0.29, 0.717) is 6.42 Å². The summed E-state index contributed by atoms with van der Waals surface area (Å²) in [4.78, 5) is 4.28. The number of aliphatic hydroxyl groups is 1. The fourth-order valence-electron chi connectivity index (χ4n) is 1.94. The SMILES string of the molecule is CN=C(CC(O)c1ccccc1)c1ccccc1. The second-order valence-corrected chi connectivity index (χ2v) is 4.17. The molecule has 0 spiro atoms. The molecular formula is C16H17NO. The minimum Gasteiger partial charge on any atom is -0.388 e. The van der Waals surface area contributed by atoms with Crippen molar-refractivity contribution in [2.24, 2.45) is 4.99 Å². The van der Waals surface area contributed by atoms with Gasteiger partial charge < -0.3 is 5.11 Å². The van der Waals surface area contributed by atoms with Crippen molar-refractivity contribution < 1.29 is 5.11 Å². The first-order valence-electron chi connectivity index (χ1n) is 6.05. The molecule has 0 aliphatic carbocycles. The van der Waals surface area contributed by atoms with E-state index in [1.165, 1.54) is 0 Å². The molecule has 0 heterocycles. The number of hydrogen-bond donors (Lipinski definition) is 1. The number of rotatable bonds is 4. The van der Waals surface area contributed by atoms with Crippen LogP contribution in [0.2, 0.25) is 0 Å². The van der Waals surface area contributed by atoms with E-state index in [4.69, 9.17) is 0 Å². The average Bonchev–Trinajstić information content (AvgIpc) is 2.46. The Balaban J connectivity index is 2.13. The van der Waals surface area contributed by atoms with Crippen molar-refractivity contribution in [1.29, 1.82) is 0 Å². The normalized spacial score (nSPS) is 13.3. The zero-order valence-corrected chi connectivity index (χ0v) is 10.5. The van der Waals surface area contributed by atoms with E-state index in [-0.39, 0.29) is 0 Å². The van der Waals surface area contributed by atoms with Crippen molar-refractivity contribution in [3.05, 3.63) is 71.8 Å². The van der Waals surface area contributed by atoms with Gasteiger partial charge in [0.15, 0.2) is 0 Å². The maximum absolute atomic E-state index is 10.2. The molecule has 0 saturated carbocycles. The standard InChI is InChI=1S/C16H17NO/c1-17-15(13-8-4-2-5-9-13)12-16(18)14-10-6-3-7-11-14/h2-11,16,18H,12H2,1H3. The minimum atomic E-state index is -0.509. The highest BCUT2D eigenvalue weighted by Gasteiger charge is 2.11. The van der Waals surface area contributed by atoms with Gasteiger partial charge in [0.2, 0.25) is 0 Å². The van der Waals surface area contributed by atoms with Crippen LogP contribution in [0.1, 0.15) is 23.7 Å². The van der Waals surface area contributed by atoms with Crippen molar-refractivity contribution >= 4 is 5.71 Å². The van der Waals surface area contributed by atoms with Gasteiger partial charge in [0.25, 0.3) is 0 Å². The lowest BCUT2D eigenvalue weighted by Gasteiger charge is -2.12. The molecule has 2 rings (SSSR count). The maximum atomic E-state index is 10.2. The fourth-order valence-corrected chi connectivity index (χ4v) is 1.94. The maximum Gasteiger partial charge on any atom is 0.0845 e. The molecule has 0 amide bonds. The van der Waals surface area contributed by atoms with Gasteiger partial charge >= 0.3 is 0 Å². The molecule has 1 atom stereocenters. The van der Waals surface area contributed by atoms with Crippen molar-refractivity contribution in [3.63, 3.8) is 0 Å². The average molecular weight is 239 g/mol. The Morgan fingerprint density at radius 2 is 1.56 bits per heavy atom. The summed E-state index contributed by atoms with van der Waals surface area (Å²) in [7, 11) is 1.76. The number of benzene rings is 2. The van der Waals surface area contributed by atoms with E-state index in [9.17, 15) is 5.11 Å². The molecular weight excluding hydrogens is 222 g/mol. The summed E-state index contributed by atoms with van der Waals surface area (Å²) in [6, 6.07) is 19.6. The third kappa shape index (κ3) is 3.05. The van der Waals surface area contributed by atoms with Gasteiger partial charge in [-0.3, -0.25) is 4.99 Å². The van der Waals surface area contributed by atoms with Crippen LogP contribution in [0.25, 0.3) is 0 Å². The van der Waals surface area contributed by atoms with Crippen molar-refractivity contribution in [1.82, 2.24) is 0 Å². The molecule has 0 bridgehead atoms. The highest BCUT2D eigenvalue weighted by Crippen LogP contribution is 2.19. The summed E-state index contributed by atoms with van der Waals surface area (Å²) < 4.78 is 0. The molecule has 18 heavy (non-hydrogen) atoms. The van der Waals surface area contributed by atoms with Gasteiger partial charge in [0, 0.05) is 19.2 Å². The van der Waals surface area contributed by atoms with Gasteiger partial charge in [-0.2, -0.15) is 0 Å². The molecule has 0 radical (unpaired) electrons. The molecule has 0 aliphatic rings. The van der Waals surface area contributed by atoms with Gasteiger partial charge in [-0.05, 0) is 11.1 Å². The van der Waals surface area contributed by atoms with Crippen LogP contribution in [-0.2, 0) is 0 Å². The summed E-state index contributed by atoms with van der Waals surface area (Å²) in [6.07, 6.45) is 0.0231. The van der Waals surface area contributed by atoms with E-state index < -0.39 is 6.10 Å². The van der Waals surface area contributed by atoms with Gasteiger partial charge in [-0.25, -0.2) is 0 Å². The van der Waals surface area contributed by atoms with E-state index in [1.54, 1.807) is 7.05 Å². The van der Waals surface area contributed by atoms with Crippen molar-refractivity contribution in [2.45, 2.75) is 12.5 Å². The van der Waals surface area contributed by atoms with Gasteiger partial charge in [-0.1, -0.05) is 60.7 Å². The van der Waals surface area contributed by atoms with E-state index in [2.05, 4.69) is 4.99 Å². The summed E-state index contributed by atoms with van der Waals surface area (Å²) in [5, 5.41) is 10.2. The van der Waals surface area contributed by atoms with Crippen LogP contribution in [0.4, 0.5) is 0 Å². The molecule has 2 nitrogen and oxygen atoms in total. The lowest BCUT2D eigenvalue weighted by atomic mass is 9.99. The Morgan fingerprint density at radius 1 is 1.00 bits per heavy atom. The Bertz CT molecular complexity index is 505. The number of aliphatic hydroxyl groups excluding tert-OH is 1. The summed E-state index contributed by atoms with van der Waals surface area (Å²) in [6.45, 7) is 0. The lowest BCUT2D eigenvalue weighted by Crippen LogP contribution is -2.08. The summed E-state index contributed by atoms with van der Waals surface area (Å²) in [5.74, 6) is 0. The smallest absolute Gasteiger partial charge is 0.0845 e. The molecule has 2 aromatic carbocycles. The predicted molar refractivity (Wildman–Crippen MR) is 74.9 cm³/mol. The first kappa shape index (κ1) is 12.5. The number of aliphatic imine (C=N–C) groups is 1. The molecule has 2 aromatic rings. The molecule has 2 heteroatoms. The molecule has 0 saturated heterocycles. The predicted octanol–water partition coefficient (Wildman–Crippen LogP) is 3.23. The van der Waals surface area contributed by atoms with Gasteiger partial charge in [0.1, 0.15) is 0 Å². The second-order valence-electron chi connectivity index (χ2n) is 4.17. The fraction of sp³-hybridized carbons (Fsp3) is 0.188. The monoisotopic (exact) mass is 239 g/mol. The van der Waals surface area contributed by atoms with Crippen LogP contribution in [0.3, 0.4) is 0 Å². The first-order chi connectivity index (χ1) is 8.81. The Hall–Kier alpha value is -1.93. The van der Waals surface area contributed by atoms with E-state index in [0.717, 1.165) is 16.8 Å². The molecule has 0 fully saturated rings. The first-order valence-corrected chi connectivity index (χ1v) is 6.05. The Morgan fingerprint density at radius 3 is 2.11 bits per heavy atom. The Kier molecular flexibility index (Phi) is 4.26. The van der Waals surface area contributed by atoms with Crippen LogP contribution in [-0.4, -0.2) is 17.9 Å². The molecule has 1 unspecified atom stereocenters. The number of hydrogen-bond acceptors (Lipinski definition) is 2. The third-order valence-electron chi connectivity index (χ3n) is 2.95. The molecule has 0 aromatic heterocycles. The van der Waals surface area contributed by atoms with E-state index >= 15 is 0 Å². The van der Waals surface area contributed by atoms with Crippen LogP contribution < -0.4 is 0 Å². The zero-order chi connectivity index (χ0) is 12.8. The largest absolute Gasteiger partial charge is 0.388 e. The van der Waals surface area contributed by atoms with Gasteiger partial charge in [0.05, 0.1) is 6.10 Å². The molecule has 92 valence electrons. The molecule has 1 N–H and O–H groups in total.